The Balaban J connectivity index is 2.75. The Labute approximate surface area is 87.3 Å². The normalized spacial score (nSPS) is 10.4. The fourth-order valence-electron chi connectivity index (χ4n) is 0.980. The molecule has 0 saturated carbocycles. The van der Waals surface area contributed by atoms with E-state index < -0.39 is 0 Å². The molecule has 0 radical (unpaired) electrons. The molecular weight excluding hydrogens is 198 g/mol. The molecular formula is C9H15N3OS. The van der Waals surface area contributed by atoms with Crippen molar-refractivity contribution >= 4 is 17.6 Å². The minimum absolute atomic E-state index is 0.135. The smallest absolute Gasteiger partial charge is 0.255 e. The van der Waals surface area contributed by atoms with Gasteiger partial charge in [0, 0.05) is 0 Å². The standard InChI is InChI=1S/C9H15N3OS/c1-3-4-14-5-7-11-8(10)6(2)9(13)12-7/h3-5H2,1-2H3,(H3,10,11,12,13). The molecule has 0 atom stereocenters. The molecule has 78 valence electrons. The molecule has 3 N–H and O–H groups in total. The lowest BCUT2D eigenvalue weighted by Crippen LogP contribution is -2.16. The zero-order chi connectivity index (χ0) is 10.6. The summed E-state index contributed by atoms with van der Waals surface area (Å²) in [5, 5.41) is 0. The number of nitrogens with zero attached hydrogens (tertiary/aromatic N) is 1. The lowest BCUT2D eigenvalue weighted by atomic mass is 10.3. The second-order valence-corrected chi connectivity index (χ2v) is 4.18. The highest BCUT2D eigenvalue weighted by molar-refractivity contribution is 7.98. The van der Waals surface area contributed by atoms with Crippen molar-refractivity contribution < 1.29 is 0 Å². The molecule has 0 amide bonds. The molecule has 0 aliphatic carbocycles. The lowest BCUT2D eigenvalue weighted by Gasteiger charge is -2.02. The molecule has 1 rings (SSSR count). The maximum atomic E-state index is 11.3. The second-order valence-electron chi connectivity index (χ2n) is 3.08. The number of nitrogen functional groups attached to an aromatic ring is 1. The predicted octanol–water partition coefficient (Wildman–Crippen LogP) is 1.30. The van der Waals surface area contributed by atoms with Gasteiger partial charge >= 0.3 is 0 Å². The van der Waals surface area contributed by atoms with Crippen LogP contribution in [0.4, 0.5) is 5.82 Å². The molecule has 0 spiro atoms. The van der Waals surface area contributed by atoms with E-state index in [1.807, 2.05) is 0 Å². The minimum atomic E-state index is -0.135. The van der Waals surface area contributed by atoms with Crippen molar-refractivity contribution in [1.82, 2.24) is 9.97 Å². The number of rotatable bonds is 4. The van der Waals surface area contributed by atoms with Crippen LogP contribution in [0, 0.1) is 6.92 Å². The van der Waals surface area contributed by atoms with Gasteiger partial charge in [0.05, 0.1) is 11.3 Å². The van der Waals surface area contributed by atoms with Crippen LogP contribution in [0.5, 0.6) is 0 Å². The Bertz CT molecular complexity index is 362. The predicted molar refractivity (Wildman–Crippen MR) is 60.5 cm³/mol. The molecule has 0 unspecified atom stereocenters. The zero-order valence-electron chi connectivity index (χ0n) is 8.46. The van der Waals surface area contributed by atoms with Crippen LogP contribution in [0.2, 0.25) is 0 Å². The highest BCUT2D eigenvalue weighted by atomic mass is 32.2. The first-order valence-electron chi connectivity index (χ1n) is 4.58. The third kappa shape index (κ3) is 2.77. The van der Waals surface area contributed by atoms with E-state index >= 15 is 0 Å². The fraction of sp³-hybridized carbons (Fsp3) is 0.556. The highest BCUT2D eigenvalue weighted by Gasteiger charge is 2.03. The van der Waals surface area contributed by atoms with Crippen molar-refractivity contribution in [3.63, 3.8) is 0 Å². The first kappa shape index (κ1) is 11.1. The summed E-state index contributed by atoms with van der Waals surface area (Å²) in [5.41, 5.74) is 5.95. The summed E-state index contributed by atoms with van der Waals surface area (Å²) in [7, 11) is 0. The quantitative estimate of drug-likeness (QED) is 0.740. The summed E-state index contributed by atoms with van der Waals surface area (Å²) < 4.78 is 0. The molecule has 0 aliphatic heterocycles. The zero-order valence-corrected chi connectivity index (χ0v) is 9.28. The van der Waals surface area contributed by atoms with Crippen LogP contribution < -0.4 is 11.3 Å². The van der Waals surface area contributed by atoms with Gasteiger partial charge in [0.2, 0.25) is 0 Å². The van der Waals surface area contributed by atoms with E-state index in [-0.39, 0.29) is 5.56 Å². The van der Waals surface area contributed by atoms with Gasteiger partial charge in [0.25, 0.3) is 5.56 Å². The van der Waals surface area contributed by atoms with Gasteiger partial charge in [-0.25, -0.2) is 4.98 Å². The second kappa shape index (κ2) is 5.05. The summed E-state index contributed by atoms with van der Waals surface area (Å²) in [6.45, 7) is 3.79. The average molecular weight is 213 g/mol. The molecule has 0 aromatic carbocycles. The van der Waals surface area contributed by atoms with Gasteiger partial charge < -0.3 is 10.7 Å². The van der Waals surface area contributed by atoms with Crippen LogP contribution >= 0.6 is 11.8 Å². The van der Waals surface area contributed by atoms with Gasteiger partial charge in [0.15, 0.2) is 0 Å². The van der Waals surface area contributed by atoms with Crippen LogP contribution in [-0.2, 0) is 5.75 Å². The van der Waals surface area contributed by atoms with Crippen LogP contribution in [-0.4, -0.2) is 15.7 Å². The molecule has 4 nitrogen and oxygen atoms in total. The van der Waals surface area contributed by atoms with Crippen molar-refractivity contribution in [3.8, 4) is 0 Å². The van der Waals surface area contributed by atoms with Crippen LogP contribution in [0.3, 0.4) is 0 Å². The Morgan fingerprint density at radius 3 is 2.86 bits per heavy atom. The molecule has 0 saturated heterocycles. The number of thioether (sulfide) groups is 1. The third-order valence-corrected chi connectivity index (χ3v) is 3.00. The number of nitrogens with two attached hydrogens (primary N) is 1. The summed E-state index contributed by atoms with van der Waals surface area (Å²) >= 11 is 1.74. The highest BCUT2D eigenvalue weighted by Crippen LogP contribution is 2.10. The molecule has 0 bridgehead atoms. The van der Waals surface area contributed by atoms with Crippen molar-refractivity contribution in [2.75, 3.05) is 11.5 Å². The van der Waals surface area contributed by atoms with E-state index in [1.165, 1.54) is 0 Å². The molecule has 5 heteroatoms. The Morgan fingerprint density at radius 2 is 2.29 bits per heavy atom. The number of nitrogens with one attached hydrogen (secondary N) is 1. The number of hydrogen-bond acceptors (Lipinski definition) is 4. The maximum Gasteiger partial charge on any atom is 0.255 e. The largest absolute Gasteiger partial charge is 0.383 e. The number of anilines is 1. The number of aromatic nitrogens is 2. The number of hydrogen-bond donors (Lipinski definition) is 2. The van der Waals surface area contributed by atoms with Crippen molar-refractivity contribution in [2.24, 2.45) is 0 Å². The van der Waals surface area contributed by atoms with Crippen molar-refractivity contribution in [3.05, 3.63) is 21.7 Å². The molecule has 1 aromatic heterocycles. The van der Waals surface area contributed by atoms with Gasteiger partial charge in [-0.3, -0.25) is 4.79 Å². The van der Waals surface area contributed by atoms with E-state index in [4.69, 9.17) is 5.73 Å². The summed E-state index contributed by atoms with van der Waals surface area (Å²) in [5.74, 6) is 2.78. The Hall–Kier alpha value is -0.970. The summed E-state index contributed by atoms with van der Waals surface area (Å²) in [4.78, 5) is 18.1. The van der Waals surface area contributed by atoms with E-state index in [9.17, 15) is 4.79 Å². The Kier molecular flexibility index (Phi) is 4.00. The van der Waals surface area contributed by atoms with Crippen molar-refractivity contribution in [1.29, 1.82) is 0 Å². The Morgan fingerprint density at radius 1 is 1.57 bits per heavy atom. The lowest BCUT2D eigenvalue weighted by molar-refractivity contribution is 0.985. The first-order valence-corrected chi connectivity index (χ1v) is 5.73. The molecule has 0 aliphatic rings. The molecule has 1 heterocycles. The summed E-state index contributed by atoms with van der Waals surface area (Å²) in [6.07, 6.45) is 1.12. The van der Waals surface area contributed by atoms with Gasteiger partial charge in [0.1, 0.15) is 11.6 Å². The fourth-order valence-corrected chi connectivity index (χ4v) is 1.74. The van der Waals surface area contributed by atoms with E-state index in [2.05, 4.69) is 16.9 Å². The van der Waals surface area contributed by atoms with Crippen LogP contribution in [0.1, 0.15) is 24.7 Å². The summed E-state index contributed by atoms with van der Waals surface area (Å²) in [6, 6.07) is 0. The number of H-pyrrole nitrogens is 1. The maximum absolute atomic E-state index is 11.3. The van der Waals surface area contributed by atoms with Crippen LogP contribution in [0.15, 0.2) is 4.79 Å². The van der Waals surface area contributed by atoms with Gasteiger partial charge in [-0.1, -0.05) is 6.92 Å². The van der Waals surface area contributed by atoms with E-state index in [1.54, 1.807) is 18.7 Å². The van der Waals surface area contributed by atoms with Crippen LogP contribution in [0.25, 0.3) is 0 Å². The third-order valence-electron chi connectivity index (χ3n) is 1.83. The number of aromatic amines is 1. The minimum Gasteiger partial charge on any atom is -0.383 e. The monoisotopic (exact) mass is 213 g/mol. The van der Waals surface area contributed by atoms with E-state index in [0.29, 0.717) is 23.0 Å². The van der Waals surface area contributed by atoms with Gasteiger partial charge in [-0.15, -0.1) is 0 Å². The van der Waals surface area contributed by atoms with Gasteiger partial charge in [-0.05, 0) is 19.1 Å². The van der Waals surface area contributed by atoms with E-state index in [0.717, 1.165) is 12.2 Å². The molecule has 0 fully saturated rings. The SMILES string of the molecule is CCCSCc1nc(N)c(C)c(=O)[nH]1. The average Bonchev–Trinajstić information content (AvgIpc) is 2.14. The molecule has 1 aromatic rings. The topological polar surface area (TPSA) is 71.8 Å². The van der Waals surface area contributed by atoms with Crippen molar-refractivity contribution in [2.45, 2.75) is 26.0 Å². The molecule has 14 heavy (non-hydrogen) atoms. The van der Waals surface area contributed by atoms with Gasteiger partial charge in [-0.2, -0.15) is 11.8 Å². The first-order chi connectivity index (χ1) is 6.65.